The van der Waals surface area contributed by atoms with Gasteiger partial charge in [-0.05, 0) is 45.6 Å². The van der Waals surface area contributed by atoms with Crippen molar-refractivity contribution in [2.45, 2.75) is 6.92 Å². The van der Waals surface area contributed by atoms with Crippen molar-refractivity contribution in [2.24, 2.45) is 11.8 Å². The quantitative estimate of drug-likeness (QED) is 0.790. The molecule has 1 aromatic rings. The summed E-state index contributed by atoms with van der Waals surface area (Å²) in [7, 11) is 6.23. The van der Waals surface area contributed by atoms with Gasteiger partial charge in [0.05, 0.1) is 0 Å². The number of aliphatic hydroxyl groups is 1. The Labute approximate surface area is 145 Å². The number of nitrogens with zero attached hydrogens (tertiary/aromatic N) is 4. The Morgan fingerprint density at radius 3 is 2.54 bits per heavy atom. The number of aromatic nitrogens is 1. The van der Waals surface area contributed by atoms with E-state index in [2.05, 4.69) is 35.9 Å². The average molecular weight is 334 g/mol. The molecule has 1 saturated heterocycles. The molecule has 2 rings (SSSR count). The minimum absolute atomic E-state index is 0.0353. The first kappa shape index (κ1) is 18.8. The maximum atomic E-state index is 12.6. The number of likely N-dealkylation sites (N-methyl/N-ethyl adjacent to an activating group) is 2. The third-order valence-electron chi connectivity index (χ3n) is 4.70. The van der Waals surface area contributed by atoms with Gasteiger partial charge in [0.2, 0.25) is 0 Å². The Kier molecular flexibility index (Phi) is 6.71. The number of pyridine rings is 1. The first-order chi connectivity index (χ1) is 11.4. The van der Waals surface area contributed by atoms with E-state index in [1.54, 1.807) is 12.3 Å². The number of likely N-dealkylation sites (tertiary alicyclic amines) is 1. The molecule has 1 N–H and O–H groups in total. The highest BCUT2D eigenvalue weighted by atomic mass is 16.3. The summed E-state index contributed by atoms with van der Waals surface area (Å²) in [6.07, 6.45) is 1.72. The first-order valence-corrected chi connectivity index (χ1v) is 8.56. The second-order valence-electron chi connectivity index (χ2n) is 7.20. The summed E-state index contributed by atoms with van der Waals surface area (Å²) in [5.74, 6) is 0.407. The number of hydrogen-bond acceptors (Lipinski definition) is 5. The monoisotopic (exact) mass is 334 g/mol. The van der Waals surface area contributed by atoms with Crippen molar-refractivity contribution >= 4 is 5.91 Å². The van der Waals surface area contributed by atoms with Crippen LogP contribution in [0.3, 0.4) is 0 Å². The lowest BCUT2D eigenvalue weighted by Crippen LogP contribution is -2.35. The van der Waals surface area contributed by atoms with E-state index in [1.807, 2.05) is 17.9 Å². The fourth-order valence-electron chi connectivity index (χ4n) is 3.14. The molecule has 1 fully saturated rings. The fourth-order valence-corrected chi connectivity index (χ4v) is 3.14. The molecule has 1 aliphatic rings. The van der Waals surface area contributed by atoms with Crippen LogP contribution < -0.4 is 0 Å². The van der Waals surface area contributed by atoms with Gasteiger partial charge in [0.25, 0.3) is 5.91 Å². The van der Waals surface area contributed by atoms with Gasteiger partial charge in [-0.25, -0.2) is 0 Å². The summed E-state index contributed by atoms with van der Waals surface area (Å²) < 4.78 is 0. The van der Waals surface area contributed by atoms with Crippen molar-refractivity contribution in [1.82, 2.24) is 19.7 Å². The van der Waals surface area contributed by atoms with Crippen molar-refractivity contribution in [3.63, 3.8) is 0 Å². The summed E-state index contributed by atoms with van der Waals surface area (Å²) in [5, 5.41) is 9.69. The smallest absolute Gasteiger partial charge is 0.272 e. The Hall–Kier alpha value is -1.50. The van der Waals surface area contributed by atoms with Crippen LogP contribution >= 0.6 is 0 Å². The summed E-state index contributed by atoms with van der Waals surface area (Å²) >= 11 is 0. The molecular weight excluding hydrogens is 304 g/mol. The molecule has 1 amide bonds. The number of rotatable bonds is 7. The maximum Gasteiger partial charge on any atom is 0.272 e. The predicted octanol–water partition coefficient (Wildman–Crippen LogP) is 0.564. The SMILES string of the molecule is Cc1ccc(C(=O)N2C[C@@H](CN(C)CCN(C)C)[C@@H](CO)C2)nc1. The Morgan fingerprint density at radius 1 is 1.25 bits per heavy atom. The normalized spacial score (nSPS) is 21.0. The van der Waals surface area contributed by atoms with Gasteiger partial charge in [-0.3, -0.25) is 9.78 Å². The number of hydrogen-bond donors (Lipinski definition) is 1. The van der Waals surface area contributed by atoms with Crippen molar-refractivity contribution in [3.8, 4) is 0 Å². The zero-order valence-corrected chi connectivity index (χ0v) is 15.3. The van der Waals surface area contributed by atoms with Gasteiger partial charge in [0.15, 0.2) is 0 Å². The van der Waals surface area contributed by atoms with Gasteiger partial charge in [0.1, 0.15) is 5.69 Å². The number of carbonyl (C=O) groups is 1. The third kappa shape index (κ3) is 5.00. The predicted molar refractivity (Wildman–Crippen MR) is 95.0 cm³/mol. The van der Waals surface area contributed by atoms with E-state index in [0.717, 1.165) is 25.2 Å². The maximum absolute atomic E-state index is 12.6. The van der Waals surface area contributed by atoms with Crippen molar-refractivity contribution in [1.29, 1.82) is 0 Å². The van der Waals surface area contributed by atoms with Crippen molar-refractivity contribution in [3.05, 3.63) is 29.6 Å². The third-order valence-corrected chi connectivity index (χ3v) is 4.70. The van der Waals surface area contributed by atoms with Gasteiger partial charge in [0, 0.05) is 51.4 Å². The van der Waals surface area contributed by atoms with Crippen LogP contribution in [-0.2, 0) is 0 Å². The van der Waals surface area contributed by atoms with Gasteiger partial charge < -0.3 is 19.8 Å². The molecule has 0 unspecified atom stereocenters. The van der Waals surface area contributed by atoms with Gasteiger partial charge in [-0.2, -0.15) is 0 Å². The van der Waals surface area contributed by atoms with E-state index >= 15 is 0 Å². The van der Waals surface area contributed by atoms with Crippen LogP contribution in [0.1, 0.15) is 16.1 Å². The molecule has 0 aliphatic carbocycles. The van der Waals surface area contributed by atoms with E-state index < -0.39 is 0 Å². The Bertz CT molecular complexity index is 532. The van der Waals surface area contributed by atoms with E-state index in [4.69, 9.17) is 0 Å². The second kappa shape index (κ2) is 8.55. The van der Waals surface area contributed by atoms with Crippen molar-refractivity contribution in [2.75, 3.05) is 60.5 Å². The van der Waals surface area contributed by atoms with Crippen molar-refractivity contribution < 1.29 is 9.90 Å². The van der Waals surface area contributed by atoms with Crippen LogP contribution in [-0.4, -0.2) is 91.2 Å². The van der Waals surface area contributed by atoms with Crippen LogP contribution in [0.15, 0.2) is 18.3 Å². The highest BCUT2D eigenvalue weighted by Crippen LogP contribution is 2.25. The van der Waals surface area contributed by atoms with Crippen LogP contribution in [0.25, 0.3) is 0 Å². The molecule has 2 atom stereocenters. The van der Waals surface area contributed by atoms with E-state index in [1.165, 1.54) is 0 Å². The van der Waals surface area contributed by atoms with Gasteiger partial charge in [-0.1, -0.05) is 6.07 Å². The highest BCUT2D eigenvalue weighted by Gasteiger charge is 2.35. The lowest BCUT2D eigenvalue weighted by molar-refractivity contribution is 0.0773. The number of aliphatic hydroxyl groups excluding tert-OH is 1. The van der Waals surface area contributed by atoms with Crippen LogP contribution in [0.2, 0.25) is 0 Å². The van der Waals surface area contributed by atoms with Gasteiger partial charge >= 0.3 is 0 Å². The molecule has 0 aromatic carbocycles. The molecule has 0 radical (unpaired) electrons. The zero-order chi connectivity index (χ0) is 17.7. The largest absolute Gasteiger partial charge is 0.396 e. The fraction of sp³-hybridized carbons (Fsp3) is 0.667. The topological polar surface area (TPSA) is 59.9 Å². The highest BCUT2D eigenvalue weighted by molar-refractivity contribution is 5.92. The second-order valence-corrected chi connectivity index (χ2v) is 7.20. The molecule has 1 aromatic heterocycles. The average Bonchev–Trinajstić information content (AvgIpc) is 2.96. The molecule has 134 valence electrons. The molecule has 6 heteroatoms. The van der Waals surface area contributed by atoms with E-state index in [0.29, 0.717) is 24.7 Å². The van der Waals surface area contributed by atoms with Crippen LogP contribution in [0.5, 0.6) is 0 Å². The molecule has 0 bridgehead atoms. The van der Waals surface area contributed by atoms with Gasteiger partial charge in [-0.15, -0.1) is 0 Å². The summed E-state index contributed by atoms with van der Waals surface area (Å²) in [6.45, 7) is 6.25. The Morgan fingerprint density at radius 2 is 1.96 bits per heavy atom. The summed E-state index contributed by atoms with van der Waals surface area (Å²) in [6, 6.07) is 3.69. The van der Waals surface area contributed by atoms with Crippen LogP contribution in [0.4, 0.5) is 0 Å². The lowest BCUT2D eigenvalue weighted by atomic mass is 9.96. The van der Waals surface area contributed by atoms with E-state index in [-0.39, 0.29) is 18.4 Å². The summed E-state index contributed by atoms with van der Waals surface area (Å²) in [5.41, 5.74) is 1.53. The molecule has 24 heavy (non-hydrogen) atoms. The first-order valence-electron chi connectivity index (χ1n) is 8.56. The molecule has 0 spiro atoms. The summed E-state index contributed by atoms with van der Waals surface area (Å²) in [4.78, 5) is 23.1. The number of amides is 1. The standard InChI is InChI=1S/C18H30N4O2/c1-14-5-6-17(19-9-14)18(24)22-11-15(16(12-22)13-23)10-21(4)8-7-20(2)3/h5-6,9,15-16,23H,7-8,10-13H2,1-4H3/t15-,16-/m1/s1. The minimum Gasteiger partial charge on any atom is -0.396 e. The molecule has 0 saturated carbocycles. The zero-order valence-electron chi connectivity index (χ0n) is 15.3. The lowest BCUT2D eigenvalue weighted by Gasteiger charge is -2.25. The van der Waals surface area contributed by atoms with Crippen LogP contribution in [0, 0.1) is 18.8 Å². The van der Waals surface area contributed by atoms with E-state index in [9.17, 15) is 9.90 Å². The molecule has 6 nitrogen and oxygen atoms in total. The molecule has 1 aliphatic heterocycles. The number of carbonyl (C=O) groups excluding carboxylic acids is 1. The number of aryl methyl sites for hydroxylation is 1. The molecular formula is C18H30N4O2. The Balaban J connectivity index is 1.95. The molecule has 2 heterocycles. The minimum atomic E-state index is -0.0353.